The van der Waals surface area contributed by atoms with Gasteiger partial charge in [-0.3, -0.25) is 9.59 Å². The van der Waals surface area contributed by atoms with Gasteiger partial charge in [0.1, 0.15) is 0 Å². The molecule has 3 rings (SSSR count). The number of rotatable bonds is 3. The number of carbonyl (C=O) groups is 2. The Morgan fingerprint density at radius 2 is 2.00 bits per heavy atom. The van der Waals surface area contributed by atoms with Crippen molar-refractivity contribution in [3.8, 4) is 0 Å². The number of fused-ring (bicyclic) bond motifs is 1. The highest BCUT2D eigenvalue weighted by Gasteiger charge is 2.26. The van der Waals surface area contributed by atoms with Crippen molar-refractivity contribution >= 4 is 12.3 Å². The summed E-state index contributed by atoms with van der Waals surface area (Å²) in [6, 6.07) is 8.47. The number of amides is 2. The normalized spacial score (nSPS) is 21.8. The van der Waals surface area contributed by atoms with Gasteiger partial charge in [-0.1, -0.05) is 24.3 Å². The SMILES string of the molecule is O=CN1CCN(C(=O)CC2NCCc3ccccc32)CC1. The number of hydrogen-bond acceptors (Lipinski definition) is 3. The number of nitrogens with zero attached hydrogens (tertiary/aromatic N) is 2. The first kappa shape index (κ1) is 14.1. The Bertz CT molecular complexity index is 524. The van der Waals surface area contributed by atoms with E-state index in [-0.39, 0.29) is 11.9 Å². The number of carbonyl (C=O) groups excluding carboxylic acids is 2. The molecule has 0 aliphatic carbocycles. The summed E-state index contributed by atoms with van der Waals surface area (Å²) in [5.41, 5.74) is 2.60. The number of nitrogens with one attached hydrogen (secondary N) is 1. The molecule has 2 heterocycles. The Balaban J connectivity index is 1.62. The molecule has 2 aliphatic heterocycles. The molecular weight excluding hydrogens is 266 g/mol. The molecule has 0 saturated carbocycles. The van der Waals surface area contributed by atoms with Crippen molar-refractivity contribution < 1.29 is 9.59 Å². The van der Waals surface area contributed by atoms with E-state index >= 15 is 0 Å². The van der Waals surface area contributed by atoms with Gasteiger partial charge in [0.2, 0.25) is 12.3 Å². The van der Waals surface area contributed by atoms with E-state index in [1.54, 1.807) is 4.90 Å². The van der Waals surface area contributed by atoms with Crippen LogP contribution in [-0.2, 0) is 16.0 Å². The van der Waals surface area contributed by atoms with Crippen LogP contribution in [0.25, 0.3) is 0 Å². The monoisotopic (exact) mass is 287 g/mol. The van der Waals surface area contributed by atoms with Crippen molar-refractivity contribution in [1.29, 1.82) is 0 Å². The van der Waals surface area contributed by atoms with Gasteiger partial charge in [0.05, 0.1) is 0 Å². The van der Waals surface area contributed by atoms with Gasteiger partial charge in [-0.15, -0.1) is 0 Å². The molecule has 0 bridgehead atoms. The van der Waals surface area contributed by atoms with Crippen LogP contribution in [0.15, 0.2) is 24.3 Å². The molecule has 1 fully saturated rings. The topological polar surface area (TPSA) is 52.7 Å². The third-order valence-corrected chi connectivity index (χ3v) is 4.41. The van der Waals surface area contributed by atoms with Crippen LogP contribution in [-0.4, -0.2) is 54.8 Å². The summed E-state index contributed by atoms with van der Waals surface area (Å²) in [6.07, 6.45) is 2.39. The van der Waals surface area contributed by atoms with E-state index in [2.05, 4.69) is 23.5 Å². The van der Waals surface area contributed by atoms with Crippen LogP contribution >= 0.6 is 0 Å². The maximum Gasteiger partial charge on any atom is 0.224 e. The molecule has 1 saturated heterocycles. The van der Waals surface area contributed by atoms with E-state index in [1.807, 2.05) is 11.0 Å². The first-order valence-corrected chi connectivity index (χ1v) is 7.56. The van der Waals surface area contributed by atoms with E-state index in [4.69, 9.17) is 0 Å². The average molecular weight is 287 g/mol. The van der Waals surface area contributed by atoms with Gasteiger partial charge in [0.15, 0.2) is 0 Å². The van der Waals surface area contributed by atoms with Crippen molar-refractivity contribution in [2.24, 2.45) is 0 Å². The van der Waals surface area contributed by atoms with Crippen molar-refractivity contribution in [1.82, 2.24) is 15.1 Å². The highest BCUT2D eigenvalue weighted by atomic mass is 16.2. The number of benzene rings is 1. The summed E-state index contributed by atoms with van der Waals surface area (Å²) >= 11 is 0. The molecule has 21 heavy (non-hydrogen) atoms. The van der Waals surface area contributed by atoms with Crippen molar-refractivity contribution in [3.63, 3.8) is 0 Å². The number of hydrogen-bond donors (Lipinski definition) is 1. The standard InChI is InChI=1S/C16H21N3O2/c20-12-18-7-9-19(10-8-18)16(21)11-15-14-4-2-1-3-13(14)5-6-17-15/h1-4,12,15,17H,5-11H2. The molecule has 1 aromatic rings. The second kappa shape index (κ2) is 6.26. The van der Waals surface area contributed by atoms with Gasteiger partial charge in [0, 0.05) is 38.6 Å². The highest BCUT2D eigenvalue weighted by molar-refractivity contribution is 5.77. The molecule has 2 aliphatic rings. The van der Waals surface area contributed by atoms with Gasteiger partial charge in [-0.25, -0.2) is 0 Å². The third kappa shape index (κ3) is 3.08. The lowest BCUT2D eigenvalue weighted by molar-refractivity contribution is -0.135. The Labute approximate surface area is 124 Å². The van der Waals surface area contributed by atoms with Gasteiger partial charge in [-0.05, 0) is 24.1 Å². The quantitative estimate of drug-likeness (QED) is 0.827. The fourth-order valence-corrected chi connectivity index (χ4v) is 3.16. The number of piperazine rings is 1. The molecule has 112 valence electrons. The minimum atomic E-state index is 0.117. The zero-order valence-corrected chi connectivity index (χ0v) is 12.1. The molecule has 1 atom stereocenters. The molecule has 0 radical (unpaired) electrons. The first-order valence-electron chi connectivity index (χ1n) is 7.56. The van der Waals surface area contributed by atoms with Gasteiger partial charge in [0.25, 0.3) is 0 Å². The zero-order valence-electron chi connectivity index (χ0n) is 12.1. The second-order valence-corrected chi connectivity index (χ2v) is 5.68. The molecule has 1 N–H and O–H groups in total. The predicted octanol–water partition coefficient (Wildman–Crippen LogP) is 0.564. The molecule has 2 amide bonds. The summed E-state index contributed by atoms with van der Waals surface area (Å²) in [5, 5.41) is 3.45. The second-order valence-electron chi connectivity index (χ2n) is 5.68. The predicted molar refractivity (Wildman–Crippen MR) is 79.7 cm³/mol. The van der Waals surface area contributed by atoms with E-state index < -0.39 is 0 Å². The van der Waals surface area contributed by atoms with E-state index in [0.717, 1.165) is 19.4 Å². The minimum Gasteiger partial charge on any atom is -0.342 e. The fourth-order valence-electron chi connectivity index (χ4n) is 3.16. The van der Waals surface area contributed by atoms with Crippen LogP contribution in [0.4, 0.5) is 0 Å². The van der Waals surface area contributed by atoms with Gasteiger partial charge >= 0.3 is 0 Å². The van der Waals surface area contributed by atoms with E-state index in [9.17, 15) is 9.59 Å². The highest BCUT2D eigenvalue weighted by Crippen LogP contribution is 2.25. The zero-order chi connectivity index (χ0) is 14.7. The third-order valence-electron chi connectivity index (χ3n) is 4.41. The van der Waals surface area contributed by atoms with E-state index in [0.29, 0.717) is 32.6 Å². The van der Waals surface area contributed by atoms with Crippen LogP contribution < -0.4 is 5.32 Å². The summed E-state index contributed by atoms with van der Waals surface area (Å²) in [6.45, 7) is 3.50. The summed E-state index contributed by atoms with van der Waals surface area (Å²) in [4.78, 5) is 26.7. The Kier molecular flexibility index (Phi) is 4.20. The lowest BCUT2D eigenvalue weighted by Gasteiger charge is -2.34. The maximum atomic E-state index is 12.5. The summed E-state index contributed by atoms with van der Waals surface area (Å²) in [5.74, 6) is 0.176. The van der Waals surface area contributed by atoms with Crippen molar-refractivity contribution in [2.45, 2.75) is 18.9 Å². The molecule has 5 nitrogen and oxygen atoms in total. The van der Waals surface area contributed by atoms with Gasteiger partial charge in [-0.2, -0.15) is 0 Å². The smallest absolute Gasteiger partial charge is 0.224 e. The van der Waals surface area contributed by atoms with Crippen LogP contribution in [0.3, 0.4) is 0 Å². The van der Waals surface area contributed by atoms with Crippen LogP contribution in [0, 0.1) is 0 Å². The average Bonchev–Trinajstić information content (AvgIpc) is 2.55. The molecule has 0 spiro atoms. The molecular formula is C16H21N3O2. The molecule has 5 heteroatoms. The van der Waals surface area contributed by atoms with E-state index in [1.165, 1.54) is 11.1 Å². The molecule has 1 unspecified atom stereocenters. The molecule has 0 aromatic heterocycles. The first-order chi connectivity index (χ1) is 10.3. The van der Waals surface area contributed by atoms with Crippen molar-refractivity contribution in [2.75, 3.05) is 32.7 Å². The van der Waals surface area contributed by atoms with Crippen LogP contribution in [0.1, 0.15) is 23.6 Å². The maximum absolute atomic E-state index is 12.5. The Hall–Kier alpha value is -1.88. The Morgan fingerprint density at radius 3 is 2.76 bits per heavy atom. The minimum absolute atomic E-state index is 0.117. The largest absolute Gasteiger partial charge is 0.342 e. The lowest BCUT2D eigenvalue weighted by Crippen LogP contribution is -2.49. The van der Waals surface area contributed by atoms with Gasteiger partial charge < -0.3 is 15.1 Å². The lowest BCUT2D eigenvalue weighted by atomic mass is 9.92. The van der Waals surface area contributed by atoms with Crippen LogP contribution in [0.2, 0.25) is 0 Å². The molecule has 1 aromatic carbocycles. The van der Waals surface area contributed by atoms with Crippen LogP contribution in [0.5, 0.6) is 0 Å². The Morgan fingerprint density at radius 1 is 1.24 bits per heavy atom. The summed E-state index contributed by atoms with van der Waals surface area (Å²) < 4.78 is 0. The van der Waals surface area contributed by atoms with Crippen molar-refractivity contribution in [3.05, 3.63) is 35.4 Å². The summed E-state index contributed by atoms with van der Waals surface area (Å²) in [7, 11) is 0. The fraction of sp³-hybridized carbons (Fsp3) is 0.500.